The smallest absolute Gasteiger partial charge is 0.236 e. The Morgan fingerprint density at radius 2 is 1.76 bits per heavy atom. The van der Waals surface area contributed by atoms with E-state index in [0.717, 1.165) is 37.4 Å². The lowest BCUT2D eigenvalue weighted by atomic mass is 9.91. The van der Waals surface area contributed by atoms with E-state index in [1.807, 2.05) is 19.2 Å². The number of nitrogens with one attached hydrogen (secondary N) is 1. The summed E-state index contributed by atoms with van der Waals surface area (Å²) in [5.41, 5.74) is 3.38. The molecule has 0 bridgehead atoms. The zero-order valence-corrected chi connectivity index (χ0v) is 18.8. The number of hydrogen-bond donors (Lipinski definition) is 1. The van der Waals surface area contributed by atoms with Crippen LogP contribution in [0.15, 0.2) is 60.7 Å². The largest absolute Gasteiger partial charge is 0.367 e. The highest BCUT2D eigenvalue weighted by Crippen LogP contribution is 2.41. The summed E-state index contributed by atoms with van der Waals surface area (Å²) < 4.78 is 6.03. The van der Waals surface area contributed by atoms with Gasteiger partial charge < -0.3 is 19.9 Å². The predicted octanol–water partition coefficient (Wildman–Crippen LogP) is 4.33. The molecule has 1 atom stereocenters. The maximum atomic E-state index is 9.62. The molecule has 0 radical (unpaired) electrons. The van der Waals surface area contributed by atoms with Gasteiger partial charge in [-0.05, 0) is 30.4 Å². The molecule has 3 aromatic rings. The van der Waals surface area contributed by atoms with Crippen LogP contribution in [-0.2, 0) is 4.74 Å². The van der Waals surface area contributed by atoms with Gasteiger partial charge in [-0.1, -0.05) is 60.7 Å². The zero-order valence-electron chi connectivity index (χ0n) is 18.8. The standard InChI is InChI=1S/C26H28N6O/c1-31-18-32(23-14-8-9-15-33-23)26-24(31)25(29-22(16-27)30-26)28-17-21(19-10-4-2-5-11-19)20-12-6-3-7-13-20/h2-7,10-13,21,23H,8-9,14-15,17-18H2,1H3,(H,28,29,30). The summed E-state index contributed by atoms with van der Waals surface area (Å²) in [6.45, 7) is 2.08. The molecular formula is C26H28N6O. The summed E-state index contributed by atoms with van der Waals surface area (Å²) >= 11 is 0. The van der Waals surface area contributed by atoms with Gasteiger partial charge >= 0.3 is 0 Å². The first-order valence-corrected chi connectivity index (χ1v) is 11.5. The molecule has 2 aliphatic heterocycles. The lowest BCUT2D eigenvalue weighted by molar-refractivity contribution is 0.0150. The number of aromatic nitrogens is 2. The van der Waals surface area contributed by atoms with Crippen molar-refractivity contribution in [3.63, 3.8) is 0 Å². The molecule has 7 nitrogen and oxygen atoms in total. The Morgan fingerprint density at radius 1 is 1.06 bits per heavy atom. The maximum absolute atomic E-state index is 9.62. The maximum Gasteiger partial charge on any atom is 0.236 e. The fourth-order valence-electron chi connectivity index (χ4n) is 4.73. The predicted molar refractivity (Wildman–Crippen MR) is 129 cm³/mol. The van der Waals surface area contributed by atoms with E-state index in [4.69, 9.17) is 4.74 Å². The van der Waals surface area contributed by atoms with E-state index in [2.05, 4.69) is 79.7 Å². The number of ether oxygens (including phenoxy) is 1. The minimum absolute atomic E-state index is 0.0156. The van der Waals surface area contributed by atoms with Crippen LogP contribution in [0.3, 0.4) is 0 Å². The summed E-state index contributed by atoms with van der Waals surface area (Å²) in [5.74, 6) is 1.78. The van der Waals surface area contributed by atoms with Crippen LogP contribution in [0, 0.1) is 11.3 Å². The lowest BCUT2D eigenvalue weighted by Gasteiger charge is -2.32. The second-order valence-electron chi connectivity index (χ2n) is 8.57. The van der Waals surface area contributed by atoms with Crippen LogP contribution >= 0.6 is 0 Å². The first kappa shape index (κ1) is 21.2. The van der Waals surface area contributed by atoms with Crippen LogP contribution in [0.5, 0.6) is 0 Å². The molecule has 3 heterocycles. The quantitative estimate of drug-likeness (QED) is 0.611. The number of hydrogen-bond acceptors (Lipinski definition) is 7. The van der Waals surface area contributed by atoms with Gasteiger partial charge in [0, 0.05) is 26.1 Å². The van der Waals surface area contributed by atoms with Gasteiger partial charge in [-0.25, -0.2) is 0 Å². The first-order chi connectivity index (χ1) is 16.2. The minimum Gasteiger partial charge on any atom is -0.367 e. The van der Waals surface area contributed by atoms with Gasteiger partial charge in [-0.3, -0.25) is 0 Å². The average Bonchev–Trinajstić information content (AvgIpc) is 3.22. The van der Waals surface area contributed by atoms with E-state index in [9.17, 15) is 5.26 Å². The van der Waals surface area contributed by atoms with Crippen LogP contribution in [0.1, 0.15) is 42.1 Å². The Bertz CT molecular complexity index is 1090. The minimum atomic E-state index is -0.0156. The Labute approximate surface area is 194 Å². The Balaban J connectivity index is 1.47. The first-order valence-electron chi connectivity index (χ1n) is 11.5. The van der Waals surface area contributed by atoms with E-state index in [0.29, 0.717) is 19.0 Å². The van der Waals surface area contributed by atoms with Crippen LogP contribution in [0.25, 0.3) is 0 Å². The second-order valence-corrected chi connectivity index (χ2v) is 8.57. The van der Waals surface area contributed by atoms with Crippen molar-refractivity contribution in [2.24, 2.45) is 0 Å². The highest BCUT2D eigenvalue weighted by molar-refractivity contribution is 5.83. The summed E-state index contributed by atoms with van der Waals surface area (Å²) in [6, 6.07) is 23.1. The van der Waals surface area contributed by atoms with Gasteiger partial charge in [0.15, 0.2) is 11.6 Å². The molecule has 2 aromatic carbocycles. The van der Waals surface area contributed by atoms with Crippen molar-refractivity contribution in [3.05, 3.63) is 77.6 Å². The number of fused-ring (bicyclic) bond motifs is 1. The van der Waals surface area contributed by atoms with Crippen LogP contribution in [0.2, 0.25) is 0 Å². The van der Waals surface area contributed by atoms with Gasteiger partial charge in [0.1, 0.15) is 18.0 Å². The monoisotopic (exact) mass is 440 g/mol. The Kier molecular flexibility index (Phi) is 6.09. The van der Waals surface area contributed by atoms with Crippen LogP contribution in [-0.4, -0.2) is 43.1 Å². The number of rotatable bonds is 6. The summed E-state index contributed by atoms with van der Waals surface area (Å²) in [5, 5.41) is 13.2. The third kappa shape index (κ3) is 4.35. The molecule has 1 saturated heterocycles. The number of nitrogens with zero attached hydrogens (tertiary/aromatic N) is 5. The molecule has 33 heavy (non-hydrogen) atoms. The third-order valence-corrected chi connectivity index (χ3v) is 6.36. The van der Waals surface area contributed by atoms with Gasteiger partial charge in [0.05, 0.1) is 6.67 Å². The molecule has 0 aliphatic carbocycles. The molecule has 168 valence electrons. The normalized spacial score (nSPS) is 17.7. The molecule has 0 spiro atoms. The molecule has 0 amide bonds. The molecule has 1 fully saturated rings. The van der Waals surface area contributed by atoms with Crippen molar-refractivity contribution in [1.29, 1.82) is 5.26 Å². The van der Waals surface area contributed by atoms with Gasteiger partial charge in [-0.2, -0.15) is 15.2 Å². The fourth-order valence-corrected chi connectivity index (χ4v) is 4.73. The zero-order chi connectivity index (χ0) is 22.6. The third-order valence-electron chi connectivity index (χ3n) is 6.36. The van der Waals surface area contributed by atoms with E-state index in [-0.39, 0.29) is 18.0 Å². The second kappa shape index (κ2) is 9.47. The van der Waals surface area contributed by atoms with E-state index < -0.39 is 0 Å². The molecule has 1 aromatic heterocycles. The van der Waals surface area contributed by atoms with Crippen LogP contribution in [0.4, 0.5) is 17.3 Å². The lowest BCUT2D eigenvalue weighted by Crippen LogP contribution is -2.41. The van der Waals surface area contributed by atoms with Crippen molar-refractivity contribution >= 4 is 17.3 Å². The van der Waals surface area contributed by atoms with Crippen molar-refractivity contribution in [1.82, 2.24) is 9.97 Å². The summed E-state index contributed by atoms with van der Waals surface area (Å²) in [7, 11) is 2.04. The van der Waals surface area contributed by atoms with E-state index in [1.165, 1.54) is 11.1 Å². The molecule has 0 saturated carbocycles. The summed E-state index contributed by atoms with van der Waals surface area (Å²) in [4.78, 5) is 13.4. The molecule has 2 aliphatic rings. The Hall–Kier alpha value is -3.63. The molecule has 7 heteroatoms. The molecular weight excluding hydrogens is 412 g/mol. The van der Waals surface area contributed by atoms with Gasteiger partial charge in [0.25, 0.3) is 0 Å². The van der Waals surface area contributed by atoms with E-state index >= 15 is 0 Å². The molecule has 1 N–H and O–H groups in total. The average molecular weight is 441 g/mol. The van der Waals surface area contributed by atoms with Crippen LogP contribution < -0.4 is 15.1 Å². The van der Waals surface area contributed by atoms with Gasteiger partial charge in [0.2, 0.25) is 5.82 Å². The molecule has 5 rings (SSSR count). The number of nitriles is 1. The van der Waals surface area contributed by atoms with Crippen molar-refractivity contribution in [3.8, 4) is 6.07 Å². The van der Waals surface area contributed by atoms with Crippen molar-refractivity contribution in [2.75, 3.05) is 42.0 Å². The van der Waals surface area contributed by atoms with Gasteiger partial charge in [-0.15, -0.1) is 0 Å². The van der Waals surface area contributed by atoms with E-state index in [1.54, 1.807) is 0 Å². The summed E-state index contributed by atoms with van der Waals surface area (Å²) in [6.07, 6.45) is 3.18. The number of anilines is 3. The number of benzene rings is 2. The topological polar surface area (TPSA) is 77.3 Å². The highest BCUT2D eigenvalue weighted by Gasteiger charge is 2.35. The van der Waals surface area contributed by atoms with Crippen molar-refractivity contribution in [2.45, 2.75) is 31.4 Å². The highest BCUT2D eigenvalue weighted by atomic mass is 16.5. The molecule has 1 unspecified atom stereocenters. The fraction of sp³-hybridized carbons (Fsp3) is 0.346. The van der Waals surface area contributed by atoms with Crippen molar-refractivity contribution < 1.29 is 4.74 Å². The SMILES string of the molecule is CN1CN(C2CCCCO2)c2nc(C#N)nc(NCC(c3ccccc3)c3ccccc3)c21. The Morgan fingerprint density at radius 3 is 2.36 bits per heavy atom.